The van der Waals surface area contributed by atoms with E-state index in [0.29, 0.717) is 12.2 Å². The molecule has 1 fully saturated rings. The molecule has 2 aromatic heterocycles. The standard InChI is InChI=1S/C22H26N4O2S/c1-24(14-17-13-16-7-3-4-8-19(16)28-17)15-18-20(23-22-26(18)11-12-29-22)21(27)25-9-5-2-6-10-25/h3-4,7-8,11-12,17H,2,5-6,9-10,13-15H2,1H3/t17-/m1/s1. The summed E-state index contributed by atoms with van der Waals surface area (Å²) < 4.78 is 8.18. The molecule has 5 rings (SSSR count). The molecule has 1 aromatic carbocycles. The van der Waals surface area contributed by atoms with E-state index in [9.17, 15) is 4.79 Å². The first-order valence-corrected chi connectivity index (χ1v) is 11.2. The molecule has 29 heavy (non-hydrogen) atoms. The molecule has 0 aliphatic carbocycles. The number of hydrogen-bond donors (Lipinski definition) is 0. The Kier molecular flexibility index (Phi) is 5.01. The SMILES string of the molecule is CN(Cc1c(C(=O)N2CCCCC2)nc2sccn12)C[C@H]1Cc2ccccc2O1. The Labute approximate surface area is 174 Å². The van der Waals surface area contributed by atoms with Gasteiger partial charge in [-0.1, -0.05) is 18.2 Å². The molecule has 0 N–H and O–H groups in total. The van der Waals surface area contributed by atoms with E-state index in [1.54, 1.807) is 11.3 Å². The Balaban J connectivity index is 1.33. The number of likely N-dealkylation sites (tertiary alicyclic amines) is 1. The molecule has 6 nitrogen and oxygen atoms in total. The molecule has 2 aliphatic heterocycles. The van der Waals surface area contributed by atoms with Gasteiger partial charge >= 0.3 is 0 Å². The zero-order valence-corrected chi connectivity index (χ0v) is 17.5. The number of nitrogens with zero attached hydrogens (tertiary/aromatic N) is 4. The minimum absolute atomic E-state index is 0.0773. The average Bonchev–Trinajstić information content (AvgIpc) is 3.43. The molecule has 7 heteroatoms. The molecule has 0 unspecified atom stereocenters. The third-order valence-electron chi connectivity index (χ3n) is 5.86. The summed E-state index contributed by atoms with van der Waals surface area (Å²) in [5.41, 5.74) is 2.87. The van der Waals surface area contributed by atoms with E-state index in [2.05, 4.69) is 28.5 Å². The minimum atomic E-state index is 0.0773. The highest BCUT2D eigenvalue weighted by Crippen LogP contribution is 2.29. The van der Waals surface area contributed by atoms with Crippen LogP contribution in [0.3, 0.4) is 0 Å². The predicted molar refractivity (Wildman–Crippen MR) is 114 cm³/mol. The number of fused-ring (bicyclic) bond motifs is 2. The van der Waals surface area contributed by atoms with E-state index in [4.69, 9.17) is 9.72 Å². The highest BCUT2D eigenvalue weighted by Gasteiger charge is 2.28. The number of ether oxygens (including phenoxy) is 1. The Morgan fingerprint density at radius 3 is 2.93 bits per heavy atom. The second-order valence-electron chi connectivity index (χ2n) is 8.06. The zero-order chi connectivity index (χ0) is 19.8. The average molecular weight is 411 g/mol. The first-order valence-electron chi connectivity index (χ1n) is 10.4. The summed E-state index contributed by atoms with van der Waals surface area (Å²) in [6.07, 6.45) is 6.47. The quantitative estimate of drug-likeness (QED) is 0.646. The molecule has 3 aromatic rings. The Hall–Kier alpha value is -2.38. The lowest BCUT2D eigenvalue weighted by molar-refractivity contribution is 0.0716. The second kappa shape index (κ2) is 7.80. The summed E-state index contributed by atoms with van der Waals surface area (Å²) in [6.45, 7) is 3.16. The number of para-hydroxylation sites is 1. The molecule has 4 heterocycles. The van der Waals surface area contributed by atoms with Crippen LogP contribution in [0.15, 0.2) is 35.8 Å². The third-order valence-corrected chi connectivity index (χ3v) is 6.61. The van der Waals surface area contributed by atoms with Gasteiger partial charge in [-0.25, -0.2) is 4.98 Å². The van der Waals surface area contributed by atoms with Crippen molar-refractivity contribution in [3.05, 3.63) is 52.8 Å². The van der Waals surface area contributed by atoms with Gasteiger partial charge in [0.05, 0.1) is 5.69 Å². The number of thiazole rings is 1. The van der Waals surface area contributed by atoms with Crippen LogP contribution in [0.2, 0.25) is 0 Å². The van der Waals surface area contributed by atoms with Crippen LogP contribution in [-0.4, -0.2) is 57.9 Å². The van der Waals surface area contributed by atoms with Crippen LogP contribution in [0.5, 0.6) is 5.75 Å². The van der Waals surface area contributed by atoms with Gasteiger partial charge < -0.3 is 9.64 Å². The number of hydrogen-bond acceptors (Lipinski definition) is 5. The van der Waals surface area contributed by atoms with Gasteiger partial charge in [-0.15, -0.1) is 11.3 Å². The number of rotatable bonds is 5. The molecule has 0 bridgehead atoms. The van der Waals surface area contributed by atoms with Crippen LogP contribution in [-0.2, 0) is 13.0 Å². The number of carbonyl (C=O) groups is 1. The van der Waals surface area contributed by atoms with E-state index in [-0.39, 0.29) is 12.0 Å². The molecular formula is C22H26N4O2S. The second-order valence-corrected chi connectivity index (χ2v) is 8.94. The highest BCUT2D eigenvalue weighted by molar-refractivity contribution is 7.15. The van der Waals surface area contributed by atoms with Crippen LogP contribution < -0.4 is 4.74 Å². The molecule has 1 amide bonds. The van der Waals surface area contributed by atoms with Crippen molar-refractivity contribution in [3.8, 4) is 5.75 Å². The van der Waals surface area contributed by atoms with Crippen LogP contribution in [0.1, 0.15) is 41.0 Å². The minimum Gasteiger partial charge on any atom is -0.488 e. The molecule has 0 radical (unpaired) electrons. The number of benzene rings is 1. The van der Waals surface area contributed by atoms with Gasteiger partial charge in [0.1, 0.15) is 11.9 Å². The lowest BCUT2D eigenvalue weighted by Crippen LogP contribution is -2.37. The summed E-state index contributed by atoms with van der Waals surface area (Å²) in [5.74, 6) is 1.07. The third kappa shape index (κ3) is 3.65. The molecule has 0 saturated carbocycles. The smallest absolute Gasteiger partial charge is 0.274 e. The molecular weight excluding hydrogens is 384 g/mol. The fourth-order valence-electron chi connectivity index (χ4n) is 4.43. The summed E-state index contributed by atoms with van der Waals surface area (Å²) in [4.78, 5) is 23.0. The lowest BCUT2D eigenvalue weighted by Gasteiger charge is -2.27. The largest absolute Gasteiger partial charge is 0.488 e. The van der Waals surface area contributed by atoms with E-state index in [1.807, 2.05) is 28.6 Å². The predicted octanol–water partition coefficient (Wildman–Crippen LogP) is 3.46. The van der Waals surface area contributed by atoms with Gasteiger partial charge in [0.15, 0.2) is 10.7 Å². The van der Waals surface area contributed by atoms with Gasteiger partial charge in [0.25, 0.3) is 5.91 Å². The van der Waals surface area contributed by atoms with E-state index in [0.717, 1.165) is 55.3 Å². The van der Waals surface area contributed by atoms with Gasteiger partial charge in [-0.05, 0) is 37.9 Å². The van der Waals surface area contributed by atoms with Gasteiger partial charge in [0.2, 0.25) is 0 Å². The van der Waals surface area contributed by atoms with Crippen molar-refractivity contribution in [2.24, 2.45) is 0 Å². The Morgan fingerprint density at radius 1 is 1.28 bits per heavy atom. The van der Waals surface area contributed by atoms with Crippen LogP contribution in [0.4, 0.5) is 0 Å². The van der Waals surface area contributed by atoms with Crippen molar-refractivity contribution >= 4 is 22.2 Å². The Bertz CT molecular complexity index is 996. The van der Waals surface area contributed by atoms with E-state index in [1.165, 1.54) is 12.0 Å². The van der Waals surface area contributed by atoms with E-state index < -0.39 is 0 Å². The summed E-state index contributed by atoms with van der Waals surface area (Å²) in [5, 5.41) is 2.03. The first kappa shape index (κ1) is 18.6. The lowest BCUT2D eigenvalue weighted by atomic mass is 10.1. The maximum atomic E-state index is 13.2. The van der Waals surface area contributed by atoms with Crippen LogP contribution >= 0.6 is 11.3 Å². The molecule has 1 saturated heterocycles. The van der Waals surface area contributed by atoms with E-state index >= 15 is 0 Å². The maximum Gasteiger partial charge on any atom is 0.274 e. The molecule has 1 atom stereocenters. The van der Waals surface area contributed by atoms with Gasteiger partial charge in [0, 0.05) is 44.2 Å². The van der Waals surface area contributed by atoms with Gasteiger partial charge in [-0.3, -0.25) is 14.1 Å². The number of amides is 1. The maximum absolute atomic E-state index is 13.2. The number of imidazole rings is 1. The number of aromatic nitrogens is 2. The topological polar surface area (TPSA) is 50.1 Å². The van der Waals surface area contributed by atoms with Gasteiger partial charge in [-0.2, -0.15) is 0 Å². The van der Waals surface area contributed by atoms with Crippen molar-refractivity contribution in [2.45, 2.75) is 38.3 Å². The number of likely N-dealkylation sites (N-methyl/N-ethyl adjacent to an activating group) is 1. The number of carbonyl (C=O) groups excluding carboxylic acids is 1. The monoisotopic (exact) mass is 410 g/mol. The van der Waals surface area contributed by atoms with Crippen molar-refractivity contribution in [2.75, 3.05) is 26.7 Å². The van der Waals surface area contributed by atoms with Crippen molar-refractivity contribution in [3.63, 3.8) is 0 Å². The molecule has 152 valence electrons. The zero-order valence-electron chi connectivity index (χ0n) is 16.7. The summed E-state index contributed by atoms with van der Waals surface area (Å²) >= 11 is 1.58. The summed E-state index contributed by atoms with van der Waals surface area (Å²) in [7, 11) is 2.09. The van der Waals surface area contributed by atoms with Crippen molar-refractivity contribution in [1.29, 1.82) is 0 Å². The van der Waals surface area contributed by atoms with Crippen molar-refractivity contribution in [1.82, 2.24) is 19.2 Å². The highest BCUT2D eigenvalue weighted by atomic mass is 32.1. The van der Waals surface area contributed by atoms with Crippen LogP contribution in [0, 0.1) is 0 Å². The van der Waals surface area contributed by atoms with Crippen LogP contribution in [0.25, 0.3) is 4.96 Å². The molecule has 0 spiro atoms. The summed E-state index contributed by atoms with van der Waals surface area (Å²) in [6, 6.07) is 8.25. The fraction of sp³-hybridized carbons (Fsp3) is 0.455. The number of piperidine rings is 1. The Morgan fingerprint density at radius 2 is 2.10 bits per heavy atom. The first-order chi connectivity index (χ1) is 14.2. The fourth-order valence-corrected chi connectivity index (χ4v) is 5.16. The van der Waals surface area contributed by atoms with Crippen molar-refractivity contribution < 1.29 is 9.53 Å². The normalized spacial score (nSPS) is 19.0. The molecule has 2 aliphatic rings.